The predicted octanol–water partition coefficient (Wildman–Crippen LogP) is 4.45. The van der Waals surface area contributed by atoms with Gasteiger partial charge in [-0.25, -0.2) is 4.39 Å². The molecular formula is C15H9BrFNO2. The first kappa shape index (κ1) is 14.2. The minimum absolute atomic E-state index is 0.0386. The molecule has 0 bridgehead atoms. The lowest BCUT2D eigenvalue weighted by Crippen LogP contribution is -1.93. The fraction of sp³-hybridized carbons (Fsp3) is 0.0667. The van der Waals surface area contributed by atoms with Crippen LogP contribution in [-0.2, 0) is 0 Å². The summed E-state index contributed by atoms with van der Waals surface area (Å²) in [5, 5.41) is 8.66. The number of carbonyl (C=O) groups excluding carboxylic acids is 1. The Morgan fingerprint density at radius 1 is 1.30 bits per heavy atom. The first-order valence-corrected chi connectivity index (χ1v) is 6.48. The van der Waals surface area contributed by atoms with Crippen LogP contribution in [0, 0.1) is 17.1 Å². The van der Waals surface area contributed by atoms with Crippen LogP contribution in [0.15, 0.2) is 40.9 Å². The summed E-state index contributed by atoms with van der Waals surface area (Å²) in [4.78, 5) is 11.2. The molecule has 0 saturated carbocycles. The molecule has 0 spiro atoms. The van der Waals surface area contributed by atoms with Gasteiger partial charge in [0.25, 0.3) is 0 Å². The second-order valence-corrected chi connectivity index (χ2v) is 4.91. The van der Waals surface area contributed by atoms with Gasteiger partial charge >= 0.3 is 0 Å². The smallest absolute Gasteiger partial charge is 0.159 e. The molecule has 100 valence electrons. The lowest BCUT2D eigenvalue weighted by molar-refractivity contribution is 0.101. The van der Waals surface area contributed by atoms with Crippen molar-refractivity contribution >= 4 is 21.7 Å². The fourth-order valence-electron chi connectivity index (χ4n) is 1.58. The third-order valence-corrected chi connectivity index (χ3v) is 3.25. The lowest BCUT2D eigenvalue weighted by Gasteiger charge is -2.09. The number of hydrogen-bond donors (Lipinski definition) is 0. The van der Waals surface area contributed by atoms with Gasteiger partial charge in [-0.05, 0) is 53.2 Å². The molecule has 0 aliphatic heterocycles. The molecule has 2 aromatic carbocycles. The van der Waals surface area contributed by atoms with Crippen LogP contribution in [0.3, 0.4) is 0 Å². The van der Waals surface area contributed by atoms with Gasteiger partial charge in [0.1, 0.15) is 23.4 Å². The number of nitrogens with zero attached hydrogens (tertiary/aromatic N) is 1. The maximum absolute atomic E-state index is 13.5. The number of benzene rings is 2. The first-order chi connectivity index (χ1) is 9.51. The molecule has 3 nitrogen and oxygen atoms in total. The van der Waals surface area contributed by atoms with Gasteiger partial charge in [0.05, 0.1) is 10.0 Å². The quantitative estimate of drug-likeness (QED) is 0.779. The Morgan fingerprint density at radius 3 is 2.60 bits per heavy atom. The van der Waals surface area contributed by atoms with Gasteiger partial charge in [0, 0.05) is 11.6 Å². The molecule has 0 radical (unpaired) electrons. The zero-order valence-corrected chi connectivity index (χ0v) is 12.1. The van der Waals surface area contributed by atoms with Gasteiger partial charge < -0.3 is 4.74 Å². The third kappa shape index (κ3) is 3.03. The van der Waals surface area contributed by atoms with E-state index in [1.54, 1.807) is 24.3 Å². The number of carbonyl (C=O) groups is 1. The Labute approximate surface area is 123 Å². The molecule has 0 saturated heterocycles. The summed E-state index contributed by atoms with van der Waals surface area (Å²) in [6.07, 6.45) is 0. The second kappa shape index (κ2) is 5.85. The largest absolute Gasteiger partial charge is 0.456 e. The molecule has 0 aromatic heterocycles. The van der Waals surface area contributed by atoms with Crippen LogP contribution in [0.25, 0.3) is 0 Å². The molecule has 5 heteroatoms. The van der Waals surface area contributed by atoms with Gasteiger partial charge in [0.15, 0.2) is 5.78 Å². The predicted molar refractivity (Wildman–Crippen MR) is 75.3 cm³/mol. The van der Waals surface area contributed by atoms with Crippen molar-refractivity contribution in [2.45, 2.75) is 6.92 Å². The van der Waals surface area contributed by atoms with Crippen molar-refractivity contribution in [3.05, 3.63) is 57.8 Å². The Balaban J connectivity index is 2.29. The van der Waals surface area contributed by atoms with Crippen LogP contribution in [0.5, 0.6) is 11.5 Å². The number of rotatable bonds is 3. The van der Waals surface area contributed by atoms with E-state index in [1.807, 2.05) is 0 Å². The standard InChI is InChI=1S/C15H9BrFNO2/c1-9(19)10-3-5-15(13(16)6-10)20-12-4-2-11(8-18)14(17)7-12/h2-7H,1H3. The van der Waals surface area contributed by atoms with E-state index in [4.69, 9.17) is 10.00 Å². The Hall–Kier alpha value is -2.19. The monoisotopic (exact) mass is 333 g/mol. The number of nitriles is 1. The molecule has 0 amide bonds. The van der Waals surface area contributed by atoms with E-state index in [2.05, 4.69) is 15.9 Å². The van der Waals surface area contributed by atoms with Crippen molar-refractivity contribution in [2.75, 3.05) is 0 Å². The van der Waals surface area contributed by atoms with Crippen molar-refractivity contribution in [1.82, 2.24) is 0 Å². The van der Waals surface area contributed by atoms with E-state index in [0.717, 1.165) is 6.07 Å². The van der Waals surface area contributed by atoms with Gasteiger partial charge in [-0.15, -0.1) is 0 Å². The van der Waals surface area contributed by atoms with E-state index < -0.39 is 5.82 Å². The van der Waals surface area contributed by atoms with Gasteiger partial charge in [-0.2, -0.15) is 5.26 Å². The molecule has 2 aromatic rings. The van der Waals surface area contributed by atoms with Crippen molar-refractivity contribution in [3.8, 4) is 17.6 Å². The molecule has 0 atom stereocenters. The summed E-state index contributed by atoms with van der Waals surface area (Å²) in [5.74, 6) is 0.0417. The SMILES string of the molecule is CC(=O)c1ccc(Oc2ccc(C#N)c(F)c2)c(Br)c1. The van der Waals surface area contributed by atoms with Crippen LogP contribution >= 0.6 is 15.9 Å². The third-order valence-electron chi connectivity index (χ3n) is 2.63. The average molecular weight is 334 g/mol. The highest BCUT2D eigenvalue weighted by molar-refractivity contribution is 9.10. The summed E-state index contributed by atoms with van der Waals surface area (Å²) >= 11 is 3.30. The van der Waals surface area contributed by atoms with Gasteiger partial charge in [-0.1, -0.05) is 0 Å². The van der Waals surface area contributed by atoms with Crippen molar-refractivity contribution in [2.24, 2.45) is 0 Å². The van der Waals surface area contributed by atoms with Gasteiger partial charge in [-0.3, -0.25) is 4.79 Å². The van der Waals surface area contributed by atoms with E-state index in [1.165, 1.54) is 19.1 Å². The number of halogens is 2. The number of ether oxygens (including phenoxy) is 1. The molecule has 0 fully saturated rings. The zero-order valence-electron chi connectivity index (χ0n) is 10.5. The Kier molecular flexibility index (Phi) is 4.16. The maximum atomic E-state index is 13.5. The number of Topliss-reactive ketones (excluding diaryl/α,β-unsaturated/α-hetero) is 1. The van der Waals surface area contributed by atoms with E-state index in [-0.39, 0.29) is 17.1 Å². The number of ketones is 1. The van der Waals surface area contributed by atoms with Crippen molar-refractivity contribution in [3.63, 3.8) is 0 Å². The first-order valence-electron chi connectivity index (χ1n) is 5.69. The van der Waals surface area contributed by atoms with Crippen molar-refractivity contribution < 1.29 is 13.9 Å². The number of hydrogen-bond acceptors (Lipinski definition) is 3. The topological polar surface area (TPSA) is 50.1 Å². The highest BCUT2D eigenvalue weighted by Gasteiger charge is 2.08. The van der Waals surface area contributed by atoms with Crippen LogP contribution in [0.4, 0.5) is 4.39 Å². The summed E-state index contributed by atoms with van der Waals surface area (Å²) in [6, 6.07) is 10.6. The van der Waals surface area contributed by atoms with Crippen LogP contribution in [0.1, 0.15) is 22.8 Å². The van der Waals surface area contributed by atoms with Gasteiger partial charge in [0.2, 0.25) is 0 Å². The molecular weight excluding hydrogens is 325 g/mol. The summed E-state index contributed by atoms with van der Waals surface area (Å²) < 4.78 is 19.6. The highest BCUT2D eigenvalue weighted by Crippen LogP contribution is 2.31. The lowest BCUT2D eigenvalue weighted by atomic mass is 10.1. The molecule has 0 N–H and O–H groups in total. The molecule has 0 heterocycles. The Bertz CT molecular complexity index is 722. The van der Waals surface area contributed by atoms with E-state index >= 15 is 0 Å². The summed E-state index contributed by atoms with van der Waals surface area (Å²) in [5.41, 5.74) is 0.513. The minimum Gasteiger partial charge on any atom is -0.456 e. The van der Waals surface area contributed by atoms with Crippen LogP contribution < -0.4 is 4.74 Å². The molecule has 20 heavy (non-hydrogen) atoms. The van der Waals surface area contributed by atoms with Crippen LogP contribution in [-0.4, -0.2) is 5.78 Å². The molecule has 0 unspecified atom stereocenters. The summed E-state index contributed by atoms with van der Waals surface area (Å²) in [7, 11) is 0. The second-order valence-electron chi connectivity index (χ2n) is 4.06. The van der Waals surface area contributed by atoms with E-state index in [0.29, 0.717) is 15.8 Å². The molecule has 0 aliphatic rings. The average Bonchev–Trinajstić information content (AvgIpc) is 2.41. The van der Waals surface area contributed by atoms with Crippen molar-refractivity contribution in [1.29, 1.82) is 5.26 Å². The molecule has 0 aliphatic carbocycles. The summed E-state index contributed by atoms with van der Waals surface area (Å²) in [6.45, 7) is 1.47. The maximum Gasteiger partial charge on any atom is 0.159 e. The normalized spacial score (nSPS) is 9.90. The molecule has 2 rings (SSSR count). The fourth-order valence-corrected chi connectivity index (χ4v) is 2.04. The zero-order chi connectivity index (χ0) is 14.7. The van der Waals surface area contributed by atoms with Crippen LogP contribution in [0.2, 0.25) is 0 Å². The Morgan fingerprint density at radius 2 is 2.05 bits per heavy atom. The highest BCUT2D eigenvalue weighted by atomic mass is 79.9. The minimum atomic E-state index is -0.638. The van der Waals surface area contributed by atoms with E-state index in [9.17, 15) is 9.18 Å².